The highest BCUT2D eigenvalue weighted by Crippen LogP contribution is 2.33. The van der Waals surface area contributed by atoms with E-state index in [1.807, 2.05) is 50.5 Å². The van der Waals surface area contributed by atoms with Crippen molar-refractivity contribution in [2.45, 2.75) is 13.8 Å². The van der Waals surface area contributed by atoms with Gasteiger partial charge < -0.3 is 10.6 Å². The molecule has 0 saturated heterocycles. The molecular formula is C21H21N5S. The number of aromatic nitrogens is 3. The zero-order chi connectivity index (χ0) is 19.0. The van der Waals surface area contributed by atoms with E-state index in [-0.39, 0.29) is 0 Å². The average Bonchev–Trinajstić information content (AvgIpc) is 3.26. The molecule has 3 aromatic heterocycles. The summed E-state index contributed by atoms with van der Waals surface area (Å²) in [5, 5.41) is 7.29. The van der Waals surface area contributed by atoms with Gasteiger partial charge in [-0.1, -0.05) is 36.1 Å². The van der Waals surface area contributed by atoms with E-state index in [1.54, 1.807) is 11.3 Å². The Morgan fingerprint density at radius 3 is 2.67 bits per heavy atom. The molecule has 1 aromatic carbocycles. The normalized spacial score (nSPS) is 10.9. The first-order valence-electron chi connectivity index (χ1n) is 8.71. The Kier molecular flexibility index (Phi) is 4.41. The molecule has 0 unspecified atom stereocenters. The predicted octanol–water partition coefficient (Wildman–Crippen LogP) is 5.01. The molecule has 0 amide bonds. The molecular weight excluding hydrogens is 354 g/mol. The molecule has 27 heavy (non-hydrogen) atoms. The van der Waals surface area contributed by atoms with Gasteiger partial charge in [-0.05, 0) is 43.2 Å². The van der Waals surface area contributed by atoms with Crippen molar-refractivity contribution in [3.63, 3.8) is 0 Å². The zero-order valence-corrected chi connectivity index (χ0v) is 16.4. The minimum absolute atomic E-state index is 0.854. The maximum Gasteiger partial charge on any atom is 0.187 e. The van der Waals surface area contributed by atoms with Gasteiger partial charge in [-0.2, -0.15) is 0 Å². The molecule has 0 bridgehead atoms. The first-order valence-corrected chi connectivity index (χ1v) is 9.53. The molecule has 4 rings (SSSR count). The average molecular weight is 376 g/mol. The summed E-state index contributed by atoms with van der Waals surface area (Å²) >= 11 is 1.62. The maximum atomic E-state index is 4.72. The van der Waals surface area contributed by atoms with Crippen LogP contribution in [0.15, 0.2) is 55.4 Å². The molecule has 0 saturated carbocycles. The Balaban J connectivity index is 1.62. The Bertz CT molecular complexity index is 1120. The summed E-state index contributed by atoms with van der Waals surface area (Å²) in [6.45, 7) is 8.10. The summed E-state index contributed by atoms with van der Waals surface area (Å²) in [5.41, 5.74) is 7.23. The number of nitrogens with zero attached hydrogens (tertiary/aromatic N) is 3. The fourth-order valence-electron chi connectivity index (χ4n) is 3.08. The molecule has 136 valence electrons. The molecule has 0 spiro atoms. The van der Waals surface area contributed by atoms with Gasteiger partial charge in [-0.15, -0.1) is 0 Å². The lowest BCUT2D eigenvalue weighted by Gasteiger charge is -2.07. The molecule has 0 aliphatic carbocycles. The van der Waals surface area contributed by atoms with E-state index >= 15 is 0 Å². The van der Waals surface area contributed by atoms with E-state index in [2.05, 4.69) is 45.8 Å². The van der Waals surface area contributed by atoms with Gasteiger partial charge in [0, 0.05) is 30.8 Å². The van der Waals surface area contributed by atoms with E-state index in [4.69, 9.17) is 4.98 Å². The van der Waals surface area contributed by atoms with Crippen molar-refractivity contribution in [3.8, 4) is 10.6 Å². The molecule has 0 aliphatic heterocycles. The first-order chi connectivity index (χ1) is 13.1. The minimum atomic E-state index is 0.854. The van der Waals surface area contributed by atoms with Crippen molar-refractivity contribution in [1.82, 2.24) is 19.7 Å². The second-order valence-corrected chi connectivity index (χ2v) is 7.42. The van der Waals surface area contributed by atoms with Gasteiger partial charge in [0.05, 0.1) is 16.3 Å². The van der Waals surface area contributed by atoms with Gasteiger partial charge >= 0.3 is 0 Å². The van der Waals surface area contributed by atoms with Crippen LogP contribution < -0.4 is 10.6 Å². The second kappa shape index (κ2) is 6.89. The number of fused-ring (bicyclic) bond motifs is 1. The highest BCUT2D eigenvalue weighted by Gasteiger charge is 2.15. The number of anilines is 2. The largest absolute Gasteiger partial charge is 0.388 e. The van der Waals surface area contributed by atoms with Crippen LogP contribution in [0, 0.1) is 13.8 Å². The van der Waals surface area contributed by atoms with Gasteiger partial charge in [0.15, 0.2) is 5.13 Å². The fraction of sp³-hybridized carbons (Fsp3) is 0.143. The Hall–Kier alpha value is -3.12. The Labute approximate surface area is 162 Å². The topological polar surface area (TPSA) is 54.2 Å². The monoisotopic (exact) mass is 375 g/mol. The molecule has 0 aliphatic rings. The van der Waals surface area contributed by atoms with Crippen LogP contribution in [-0.2, 0) is 0 Å². The second-order valence-electron chi connectivity index (χ2n) is 6.39. The number of aryl methyl sites for hydroxylation is 2. The minimum Gasteiger partial charge on any atom is -0.388 e. The number of pyridine rings is 1. The number of nitrogens with one attached hydrogen (secondary N) is 2. The molecule has 3 heterocycles. The van der Waals surface area contributed by atoms with Gasteiger partial charge in [-0.3, -0.25) is 4.40 Å². The molecule has 0 radical (unpaired) electrons. The number of hydrogen-bond acceptors (Lipinski definition) is 5. The fourth-order valence-corrected chi connectivity index (χ4v) is 4.01. The summed E-state index contributed by atoms with van der Waals surface area (Å²) < 4.78 is 2.14. The summed E-state index contributed by atoms with van der Waals surface area (Å²) in [7, 11) is 1.87. The third kappa shape index (κ3) is 3.19. The number of rotatable bonds is 5. The van der Waals surface area contributed by atoms with Crippen molar-refractivity contribution in [3.05, 3.63) is 72.2 Å². The summed E-state index contributed by atoms with van der Waals surface area (Å²) in [5.74, 6) is 0. The number of hydrogen-bond donors (Lipinski definition) is 2. The van der Waals surface area contributed by atoms with Crippen LogP contribution in [0.2, 0.25) is 0 Å². The van der Waals surface area contributed by atoms with E-state index in [0.29, 0.717) is 0 Å². The standard InChI is InChI=1S/C21H21N5S/c1-13-6-5-11-26-19(15(3)24-20(13)26)18-12-23-21(27-18)25-17-9-7-16(8-10-17)14(2)22-4/h5-12,22H,2H2,1,3-4H3,(H,23,25). The van der Waals surface area contributed by atoms with Crippen molar-refractivity contribution in [2.75, 3.05) is 12.4 Å². The SMILES string of the molecule is C=C(NC)c1ccc(Nc2ncc(-c3c(C)nc4c(C)cccn34)s2)cc1. The van der Waals surface area contributed by atoms with E-state index < -0.39 is 0 Å². The number of thiazole rings is 1. The van der Waals surface area contributed by atoms with Gasteiger partial charge in [0.25, 0.3) is 0 Å². The van der Waals surface area contributed by atoms with E-state index in [0.717, 1.165) is 49.6 Å². The lowest BCUT2D eigenvalue weighted by Crippen LogP contribution is -2.02. The summed E-state index contributed by atoms with van der Waals surface area (Å²) in [6, 6.07) is 12.3. The third-order valence-electron chi connectivity index (χ3n) is 4.54. The van der Waals surface area contributed by atoms with Crippen molar-refractivity contribution < 1.29 is 0 Å². The number of imidazole rings is 1. The quantitative estimate of drug-likeness (QED) is 0.515. The highest BCUT2D eigenvalue weighted by molar-refractivity contribution is 7.18. The molecule has 2 N–H and O–H groups in total. The molecule has 4 aromatic rings. The maximum absolute atomic E-state index is 4.72. The van der Waals surface area contributed by atoms with Crippen LogP contribution in [0.4, 0.5) is 10.8 Å². The molecule has 6 heteroatoms. The zero-order valence-electron chi connectivity index (χ0n) is 15.6. The molecule has 5 nitrogen and oxygen atoms in total. The van der Waals surface area contributed by atoms with Crippen LogP contribution in [0.5, 0.6) is 0 Å². The summed E-state index contributed by atoms with van der Waals surface area (Å²) in [4.78, 5) is 10.4. The number of benzene rings is 1. The molecule has 0 atom stereocenters. The van der Waals surface area contributed by atoms with Gasteiger partial charge in [-0.25, -0.2) is 9.97 Å². The van der Waals surface area contributed by atoms with Crippen LogP contribution in [0.3, 0.4) is 0 Å². The smallest absolute Gasteiger partial charge is 0.187 e. The lowest BCUT2D eigenvalue weighted by atomic mass is 10.1. The Morgan fingerprint density at radius 1 is 1.15 bits per heavy atom. The van der Waals surface area contributed by atoms with Crippen LogP contribution >= 0.6 is 11.3 Å². The van der Waals surface area contributed by atoms with Crippen molar-refractivity contribution in [1.29, 1.82) is 0 Å². The van der Waals surface area contributed by atoms with Gasteiger partial charge in [0.1, 0.15) is 5.65 Å². The van der Waals surface area contributed by atoms with Crippen LogP contribution in [0.1, 0.15) is 16.8 Å². The Morgan fingerprint density at radius 2 is 1.93 bits per heavy atom. The predicted molar refractivity (Wildman–Crippen MR) is 114 cm³/mol. The third-order valence-corrected chi connectivity index (χ3v) is 5.46. The van der Waals surface area contributed by atoms with E-state index in [1.165, 1.54) is 0 Å². The first kappa shape index (κ1) is 17.3. The van der Waals surface area contributed by atoms with E-state index in [9.17, 15) is 0 Å². The van der Waals surface area contributed by atoms with Crippen molar-refractivity contribution in [2.24, 2.45) is 0 Å². The van der Waals surface area contributed by atoms with Gasteiger partial charge in [0.2, 0.25) is 0 Å². The van der Waals surface area contributed by atoms with Crippen LogP contribution in [-0.4, -0.2) is 21.4 Å². The summed E-state index contributed by atoms with van der Waals surface area (Å²) in [6.07, 6.45) is 3.96. The highest BCUT2D eigenvalue weighted by atomic mass is 32.1. The molecule has 0 fully saturated rings. The van der Waals surface area contributed by atoms with Crippen molar-refractivity contribution >= 4 is 33.5 Å². The van der Waals surface area contributed by atoms with Crippen LogP contribution in [0.25, 0.3) is 21.9 Å². The lowest BCUT2D eigenvalue weighted by molar-refractivity contribution is 1.13.